The number of phenolic OH excluding ortho intramolecular Hbond substituents is 1. The quantitative estimate of drug-likeness (QED) is 0.408. The van der Waals surface area contributed by atoms with Crippen molar-refractivity contribution in [1.29, 1.82) is 0 Å². The van der Waals surface area contributed by atoms with Gasteiger partial charge in [0.15, 0.2) is 17.1 Å². The molecule has 0 aliphatic heterocycles. The van der Waals surface area contributed by atoms with E-state index in [0.29, 0.717) is 22.2 Å². The van der Waals surface area contributed by atoms with Gasteiger partial charge >= 0.3 is 0 Å². The SMILES string of the molecule is COc1cc(Cl)cc(C=Nc2ccc(-c3nc4cc(C)cc(C)c4o3)cc2)c1O. The molecule has 0 amide bonds. The number of aliphatic imine (C=N–C) groups is 1. The largest absolute Gasteiger partial charge is 0.504 e. The summed E-state index contributed by atoms with van der Waals surface area (Å²) in [5, 5.41) is 10.7. The minimum Gasteiger partial charge on any atom is -0.504 e. The van der Waals surface area contributed by atoms with Crippen molar-refractivity contribution in [3.8, 4) is 23.0 Å². The van der Waals surface area contributed by atoms with E-state index in [-0.39, 0.29) is 5.75 Å². The summed E-state index contributed by atoms with van der Waals surface area (Å²) in [7, 11) is 1.47. The highest BCUT2D eigenvalue weighted by atomic mass is 35.5. The van der Waals surface area contributed by atoms with E-state index in [0.717, 1.165) is 33.5 Å². The van der Waals surface area contributed by atoms with Crippen LogP contribution < -0.4 is 4.74 Å². The van der Waals surface area contributed by atoms with Crippen molar-refractivity contribution in [2.24, 2.45) is 4.99 Å². The topological polar surface area (TPSA) is 67.9 Å². The van der Waals surface area contributed by atoms with Gasteiger partial charge in [-0.25, -0.2) is 4.98 Å². The Morgan fingerprint density at radius 2 is 1.86 bits per heavy atom. The van der Waals surface area contributed by atoms with E-state index in [2.05, 4.69) is 16.0 Å². The Morgan fingerprint density at radius 1 is 1.10 bits per heavy atom. The van der Waals surface area contributed by atoms with Gasteiger partial charge in [0.25, 0.3) is 0 Å². The van der Waals surface area contributed by atoms with Crippen LogP contribution in [-0.4, -0.2) is 23.4 Å². The van der Waals surface area contributed by atoms with Gasteiger partial charge in [0.2, 0.25) is 5.89 Å². The third kappa shape index (κ3) is 3.82. The van der Waals surface area contributed by atoms with Gasteiger partial charge in [-0.2, -0.15) is 0 Å². The number of methoxy groups -OCH3 is 1. The van der Waals surface area contributed by atoms with Gasteiger partial charge in [0, 0.05) is 28.4 Å². The molecular weight excluding hydrogens is 388 g/mol. The van der Waals surface area contributed by atoms with Crippen LogP contribution in [0.3, 0.4) is 0 Å². The molecule has 1 N–H and O–H groups in total. The molecule has 0 aliphatic rings. The minimum absolute atomic E-state index is 0.00518. The highest BCUT2D eigenvalue weighted by Crippen LogP contribution is 2.33. The second-order valence-electron chi connectivity index (χ2n) is 6.80. The Hall–Kier alpha value is -3.31. The summed E-state index contributed by atoms with van der Waals surface area (Å²) in [5.41, 5.74) is 5.93. The average Bonchev–Trinajstić information content (AvgIpc) is 3.13. The molecule has 3 aromatic carbocycles. The molecule has 0 radical (unpaired) electrons. The van der Waals surface area contributed by atoms with Crippen molar-refractivity contribution >= 4 is 34.6 Å². The van der Waals surface area contributed by atoms with Crippen molar-refractivity contribution in [1.82, 2.24) is 4.98 Å². The lowest BCUT2D eigenvalue weighted by Crippen LogP contribution is -1.89. The van der Waals surface area contributed by atoms with Crippen LogP contribution in [0, 0.1) is 13.8 Å². The molecular formula is C23H19ClN2O3. The predicted octanol–water partition coefficient (Wildman–Crippen LogP) is 6.23. The lowest BCUT2D eigenvalue weighted by atomic mass is 10.1. The Morgan fingerprint density at radius 3 is 2.59 bits per heavy atom. The first-order valence-corrected chi connectivity index (χ1v) is 9.41. The van der Waals surface area contributed by atoms with E-state index in [1.165, 1.54) is 7.11 Å². The lowest BCUT2D eigenvalue weighted by molar-refractivity contribution is 0.373. The van der Waals surface area contributed by atoms with Gasteiger partial charge in [-0.1, -0.05) is 17.7 Å². The molecule has 146 valence electrons. The number of phenols is 1. The number of halogens is 1. The molecule has 0 atom stereocenters. The number of ether oxygens (including phenoxy) is 1. The zero-order chi connectivity index (χ0) is 20.5. The lowest BCUT2D eigenvalue weighted by Gasteiger charge is -2.06. The highest BCUT2D eigenvalue weighted by molar-refractivity contribution is 6.31. The fourth-order valence-electron chi connectivity index (χ4n) is 3.18. The third-order valence-corrected chi connectivity index (χ3v) is 4.79. The Bertz CT molecular complexity index is 1230. The van der Waals surface area contributed by atoms with E-state index in [4.69, 9.17) is 20.8 Å². The maximum Gasteiger partial charge on any atom is 0.227 e. The van der Waals surface area contributed by atoms with E-state index in [9.17, 15) is 5.11 Å². The van der Waals surface area contributed by atoms with Crippen LogP contribution in [0.4, 0.5) is 5.69 Å². The molecule has 1 aromatic heterocycles. The molecule has 0 saturated heterocycles. The normalized spacial score (nSPS) is 11.4. The van der Waals surface area contributed by atoms with Crippen LogP contribution in [0.1, 0.15) is 16.7 Å². The third-order valence-electron chi connectivity index (χ3n) is 4.58. The van der Waals surface area contributed by atoms with E-state index >= 15 is 0 Å². The fraction of sp³-hybridized carbons (Fsp3) is 0.130. The molecule has 0 aliphatic carbocycles. The maximum atomic E-state index is 10.2. The summed E-state index contributed by atoms with van der Waals surface area (Å²) in [6.07, 6.45) is 1.55. The molecule has 0 saturated carbocycles. The number of hydrogen-bond donors (Lipinski definition) is 1. The van der Waals surface area contributed by atoms with E-state index in [1.807, 2.05) is 44.2 Å². The molecule has 0 fully saturated rings. The van der Waals surface area contributed by atoms with Crippen LogP contribution in [0.25, 0.3) is 22.6 Å². The second kappa shape index (κ2) is 7.60. The van der Waals surface area contributed by atoms with Gasteiger partial charge in [-0.05, 0) is 61.4 Å². The average molecular weight is 407 g/mol. The Labute approximate surface area is 173 Å². The zero-order valence-corrected chi connectivity index (χ0v) is 17.0. The molecule has 4 aromatic rings. The maximum absolute atomic E-state index is 10.2. The molecule has 0 bridgehead atoms. The number of aromatic nitrogens is 1. The van der Waals surface area contributed by atoms with Crippen LogP contribution in [0.15, 0.2) is 57.9 Å². The first-order chi connectivity index (χ1) is 13.9. The molecule has 29 heavy (non-hydrogen) atoms. The molecule has 4 rings (SSSR count). The number of aromatic hydroxyl groups is 1. The van der Waals surface area contributed by atoms with Gasteiger partial charge in [0.1, 0.15) is 5.52 Å². The van der Waals surface area contributed by atoms with Gasteiger partial charge in [-0.3, -0.25) is 4.99 Å². The van der Waals surface area contributed by atoms with E-state index < -0.39 is 0 Å². The van der Waals surface area contributed by atoms with Crippen molar-refractivity contribution in [2.75, 3.05) is 7.11 Å². The number of nitrogens with zero attached hydrogens (tertiary/aromatic N) is 2. The van der Waals surface area contributed by atoms with Crippen molar-refractivity contribution in [3.05, 3.63) is 70.2 Å². The van der Waals surface area contributed by atoms with Crippen LogP contribution >= 0.6 is 11.6 Å². The number of benzene rings is 3. The van der Waals surface area contributed by atoms with Gasteiger partial charge in [-0.15, -0.1) is 0 Å². The zero-order valence-electron chi connectivity index (χ0n) is 16.2. The van der Waals surface area contributed by atoms with Crippen molar-refractivity contribution in [3.63, 3.8) is 0 Å². The number of oxazole rings is 1. The number of rotatable bonds is 4. The van der Waals surface area contributed by atoms with Crippen molar-refractivity contribution < 1.29 is 14.3 Å². The summed E-state index contributed by atoms with van der Waals surface area (Å²) in [4.78, 5) is 9.01. The van der Waals surface area contributed by atoms with Gasteiger partial charge in [0.05, 0.1) is 12.8 Å². The molecule has 5 nitrogen and oxygen atoms in total. The predicted molar refractivity (Wildman–Crippen MR) is 116 cm³/mol. The summed E-state index contributed by atoms with van der Waals surface area (Å²) < 4.78 is 11.1. The number of hydrogen-bond acceptors (Lipinski definition) is 5. The summed E-state index contributed by atoms with van der Waals surface area (Å²) in [6.45, 7) is 4.06. The first-order valence-electron chi connectivity index (χ1n) is 9.03. The number of aryl methyl sites for hydroxylation is 2. The summed E-state index contributed by atoms with van der Waals surface area (Å²) >= 11 is 6.06. The molecule has 1 heterocycles. The van der Waals surface area contributed by atoms with Gasteiger partial charge < -0.3 is 14.3 Å². The number of fused-ring (bicyclic) bond motifs is 1. The van der Waals surface area contributed by atoms with Crippen molar-refractivity contribution in [2.45, 2.75) is 13.8 Å². The fourth-order valence-corrected chi connectivity index (χ4v) is 3.40. The van der Waals surface area contributed by atoms with Crippen LogP contribution in [0.2, 0.25) is 5.02 Å². The Balaban J connectivity index is 1.61. The van der Waals surface area contributed by atoms with E-state index in [1.54, 1.807) is 18.3 Å². The minimum atomic E-state index is -0.00518. The smallest absolute Gasteiger partial charge is 0.227 e. The monoisotopic (exact) mass is 406 g/mol. The second-order valence-corrected chi connectivity index (χ2v) is 7.24. The Kier molecular flexibility index (Phi) is 4.99. The molecule has 6 heteroatoms. The molecule has 0 unspecified atom stereocenters. The first kappa shape index (κ1) is 19.0. The van der Waals surface area contributed by atoms with Crippen LogP contribution in [0.5, 0.6) is 11.5 Å². The summed E-state index contributed by atoms with van der Waals surface area (Å²) in [6, 6.07) is 14.8. The van der Waals surface area contributed by atoms with Crippen LogP contribution in [-0.2, 0) is 0 Å². The highest BCUT2D eigenvalue weighted by Gasteiger charge is 2.11. The standard InChI is InChI=1S/C23H19ClN2O3/c1-13-8-14(2)22-19(9-13)26-23(29-22)15-4-6-18(7-5-15)25-12-16-10-17(24)11-20(28-3)21(16)27/h4-12,27H,1-3H3. The molecule has 0 spiro atoms. The summed E-state index contributed by atoms with van der Waals surface area (Å²) in [5.74, 6) is 0.867.